The maximum atomic E-state index is 6.57. The van der Waals surface area contributed by atoms with Crippen molar-refractivity contribution >= 4 is 39.7 Å². The number of nitrogen functional groups attached to an aromatic ring is 2. The maximum absolute atomic E-state index is 6.57. The molecule has 4 aromatic rings. The van der Waals surface area contributed by atoms with Crippen molar-refractivity contribution in [3.8, 4) is 21.6 Å². The zero-order chi connectivity index (χ0) is 28.9. The van der Waals surface area contributed by atoms with Gasteiger partial charge in [0.1, 0.15) is 0 Å². The number of nitrogens with two attached hydrogens (primary N) is 2. The summed E-state index contributed by atoms with van der Waals surface area (Å²) in [7, 11) is 0. The van der Waals surface area contributed by atoms with E-state index in [1.807, 2.05) is 0 Å². The molecule has 4 N–H and O–H groups in total. The van der Waals surface area contributed by atoms with Crippen LogP contribution in [0.15, 0.2) is 91.0 Å². The van der Waals surface area contributed by atoms with Crippen LogP contribution in [-0.2, 0) is 0 Å². The maximum Gasteiger partial charge on any atom is 0.0744 e. The number of hydrogen-bond donors (Lipinski definition) is 2. The smallest absolute Gasteiger partial charge is 0.0744 e. The normalized spacial score (nSPS) is 14.6. The lowest BCUT2D eigenvalue weighted by atomic mass is 9.89. The van der Waals surface area contributed by atoms with Gasteiger partial charge in [-0.15, -0.1) is 11.3 Å². The van der Waals surface area contributed by atoms with Crippen molar-refractivity contribution in [2.24, 2.45) is 0 Å². The molecule has 0 radical (unpaired) electrons. The molecular formula is C36H42N4S. The summed E-state index contributed by atoms with van der Waals surface area (Å²) in [4.78, 5) is 6.82. The van der Waals surface area contributed by atoms with Gasteiger partial charge in [0.2, 0.25) is 0 Å². The monoisotopic (exact) mass is 562 g/mol. The minimum atomic E-state index is 0.371. The predicted molar refractivity (Wildman–Crippen MR) is 182 cm³/mol. The van der Waals surface area contributed by atoms with Crippen LogP contribution in [0, 0.1) is 0 Å². The summed E-state index contributed by atoms with van der Waals surface area (Å²) in [6, 6.07) is 26.5. The molecule has 0 aliphatic heterocycles. The fourth-order valence-electron chi connectivity index (χ4n) is 5.71. The molecule has 1 aromatic heterocycles. The van der Waals surface area contributed by atoms with Gasteiger partial charge in [-0.1, -0.05) is 66.8 Å². The number of thiophene rings is 1. The van der Waals surface area contributed by atoms with E-state index in [1.54, 1.807) is 11.3 Å². The molecular weight excluding hydrogens is 520 g/mol. The lowest BCUT2D eigenvalue weighted by molar-refractivity contribution is 0.847. The van der Waals surface area contributed by atoms with E-state index in [-0.39, 0.29) is 0 Å². The summed E-state index contributed by atoms with van der Waals surface area (Å²) in [6.07, 6.45) is 7.77. The molecule has 1 atom stereocenters. The number of benzene rings is 3. The molecule has 5 heteroatoms. The zero-order valence-electron chi connectivity index (χ0n) is 24.7. The molecule has 0 spiro atoms. The summed E-state index contributed by atoms with van der Waals surface area (Å²) in [5.41, 5.74) is 23.0. The first-order valence-corrected chi connectivity index (χ1v) is 15.7. The van der Waals surface area contributed by atoms with Crippen LogP contribution in [0.5, 0.6) is 0 Å². The van der Waals surface area contributed by atoms with E-state index in [4.69, 9.17) is 11.5 Å². The second kappa shape index (κ2) is 12.7. The Kier molecular flexibility index (Phi) is 8.84. The van der Waals surface area contributed by atoms with Gasteiger partial charge in [0.15, 0.2) is 0 Å². The highest BCUT2D eigenvalue weighted by molar-refractivity contribution is 7.18. The van der Waals surface area contributed by atoms with E-state index >= 15 is 0 Å². The summed E-state index contributed by atoms with van der Waals surface area (Å²) in [5.74, 6) is 0.371. The average Bonchev–Trinajstić information content (AvgIpc) is 3.33. The molecule has 3 aromatic carbocycles. The third-order valence-electron chi connectivity index (χ3n) is 8.27. The number of rotatable bonds is 10. The largest absolute Gasteiger partial charge is 0.396 e. The van der Waals surface area contributed by atoms with Crippen LogP contribution in [0.4, 0.5) is 22.7 Å². The van der Waals surface area contributed by atoms with Gasteiger partial charge >= 0.3 is 0 Å². The molecule has 5 rings (SSSR count). The molecule has 0 amide bonds. The molecule has 0 fully saturated rings. The number of nitrogens with zero attached hydrogens (tertiary/aromatic N) is 2. The Hall–Kier alpha value is -3.96. The van der Waals surface area contributed by atoms with Gasteiger partial charge in [-0.05, 0) is 86.2 Å². The van der Waals surface area contributed by atoms with E-state index < -0.39 is 0 Å². The molecule has 1 unspecified atom stereocenters. The Bertz CT molecular complexity index is 1500. The van der Waals surface area contributed by atoms with Gasteiger partial charge in [-0.3, -0.25) is 0 Å². The van der Waals surface area contributed by atoms with Crippen LogP contribution in [0.25, 0.3) is 27.1 Å². The Morgan fingerprint density at radius 1 is 0.634 bits per heavy atom. The predicted octanol–water partition coefficient (Wildman–Crippen LogP) is 9.07. The van der Waals surface area contributed by atoms with Gasteiger partial charge in [-0.25, -0.2) is 0 Å². The molecule has 1 heterocycles. The van der Waals surface area contributed by atoms with Crippen molar-refractivity contribution < 1.29 is 0 Å². The SMILES string of the molecule is CCN(CC)c1ccc(-c2ccc(-c3sc(C4=CCC(c5ccc(N(CC)CC)cc5)C=C4)c(N)c3N)cc2)cc1. The molecule has 41 heavy (non-hydrogen) atoms. The number of allylic oxidation sites excluding steroid dienone is 4. The van der Waals surface area contributed by atoms with Crippen LogP contribution in [-0.4, -0.2) is 26.2 Å². The van der Waals surface area contributed by atoms with E-state index in [9.17, 15) is 0 Å². The third kappa shape index (κ3) is 5.91. The summed E-state index contributed by atoms with van der Waals surface area (Å²) in [6.45, 7) is 12.8. The van der Waals surface area contributed by atoms with Crippen molar-refractivity contribution in [2.75, 3.05) is 47.4 Å². The van der Waals surface area contributed by atoms with Crippen molar-refractivity contribution in [1.82, 2.24) is 0 Å². The van der Waals surface area contributed by atoms with E-state index in [0.717, 1.165) is 53.5 Å². The molecule has 4 nitrogen and oxygen atoms in total. The minimum Gasteiger partial charge on any atom is -0.396 e. The zero-order valence-corrected chi connectivity index (χ0v) is 25.5. The second-order valence-corrected chi connectivity index (χ2v) is 11.5. The van der Waals surface area contributed by atoms with Crippen LogP contribution in [0.2, 0.25) is 0 Å². The first-order chi connectivity index (χ1) is 20.0. The van der Waals surface area contributed by atoms with Gasteiger partial charge in [0.25, 0.3) is 0 Å². The fourth-order valence-corrected chi connectivity index (χ4v) is 6.88. The first-order valence-electron chi connectivity index (χ1n) is 14.8. The van der Waals surface area contributed by atoms with Crippen molar-refractivity contribution in [3.05, 3.63) is 101 Å². The molecule has 212 valence electrons. The topological polar surface area (TPSA) is 58.5 Å². The third-order valence-corrected chi connectivity index (χ3v) is 9.59. The van der Waals surface area contributed by atoms with Crippen molar-refractivity contribution in [1.29, 1.82) is 0 Å². The number of anilines is 4. The Morgan fingerprint density at radius 2 is 1.10 bits per heavy atom. The van der Waals surface area contributed by atoms with E-state index in [2.05, 4.69) is 129 Å². The quantitative estimate of drug-likeness (QED) is 0.202. The van der Waals surface area contributed by atoms with Gasteiger partial charge in [-0.2, -0.15) is 0 Å². The van der Waals surface area contributed by atoms with Crippen LogP contribution in [0.3, 0.4) is 0 Å². The number of hydrogen-bond acceptors (Lipinski definition) is 5. The van der Waals surface area contributed by atoms with Gasteiger partial charge < -0.3 is 21.3 Å². The Labute approximate surface area is 249 Å². The lowest BCUT2D eigenvalue weighted by Crippen LogP contribution is -2.21. The summed E-state index contributed by atoms with van der Waals surface area (Å²) >= 11 is 1.68. The average molecular weight is 563 g/mol. The van der Waals surface area contributed by atoms with Crippen molar-refractivity contribution in [3.63, 3.8) is 0 Å². The van der Waals surface area contributed by atoms with Crippen LogP contribution in [0.1, 0.15) is 50.5 Å². The molecule has 0 saturated carbocycles. The summed E-state index contributed by atoms with van der Waals surface area (Å²) < 4.78 is 0. The molecule has 0 saturated heterocycles. The van der Waals surface area contributed by atoms with Crippen molar-refractivity contribution in [2.45, 2.75) is 40.0 Å². The molecule has 1 aliphatic carbocycles. The fraction of sp³-hybridized carbons (Fsp3) is 0.278. The van der Waals surface area contributed by atoms with Gasteiger partial charge in [0.05, 0.1) is 21.1 Å². The second-order valence-electron chi connectivity index (χ2n) is 10.5. The summed E-state index contributed by atoms with van der Waals surface area (Å²) in [5, 5.41) is 0. The van der Waals surface area contributed by atoms with Crippen LogP contribution < -0.4 is 21.3 Å². The first kappa shape index (κ1) is 28.6. The molecule has 0 bridgehead atoms. The molecule has 1 aliphatic rings. The van der Waals surface area contributed by atoms with Crippen LogP contribution >= 0.6 is 11.3 Å². The Balaban J connectivity index is 1.30. The standard InChI is InChI=1S/C36H42N4S/c1-5-39(6-2)31-21-17-27(18-22-31)25-9-13-29(14-10-25)35-33(37)34(38)36(41-35)30-15-11-26(12-16-30)28-19-23-32(24-20-28)40(7-3)8-4/h9-11,13-24,26H,5-8,12,37-38H2,1-4H3. The minimum absolute atomic E-state index is 0.371. The highest BCUT2D eigenvalue weighted by Gasteiger charge is 2.20. The van der Waals surface area contributed by atoms with E-state index in [1.165, 1.54) is 28.1 Å². The Morgan fingerprint density at radius 3 is 1.59 bits per heavy atom. The van der Waals surface area contributed by atoms with E-state index in [0.29, 0.717) is 17.3 Å². The lowest BCUT2D eigenvalue weighted by Gasteiger charge is -2.22. The highest BCUT2D eigenvalue weighted by atomic mass is 32.1. The van der Waals surface area contributed by atoms with Gasteiger partial charge in [0, 0.05) is 43.5 Å². The highest BCUT2D eigenvalue weighted by Crippen LogP contribution is 2.46.